The zero-order valence-corrected chi connectivity index (χ0v) is 10.4. The lowest BCUT2D eigenvalue weighted by molar-refractivity contribution is 0.0796. The summed E-state index contributed by atoms with van der Waals surface area (Å²) >= 11 is 0. The van der Waals surface area contributed by atoms with Crippen molar-refractivity contribution >= 4 is 5.91 Å². The Hall–Kier alpha value is -2.16. The van der Waals surface area contributed by atoms with Gasteiger partial charge in [-0.1, -0.05) is 24.3 Å². The molecule has 0 spiro atoms. The molecule has 3 nitrogen and oxygen atoms in total. The van der Waals surface area contributed by atoms with Crippen LogP contribution in [-0.2, 0) is 6.42 Å². The van der Waals surface area contributed by atoms with E-state index in [1.165, 1.54) is 0 Å². The summed E-state index contributed by atoms with van der Waals surface area (Å²) in [5.74, 6) is 0.0551. The summed E-state index contributed by atoms with van der Waals surface area (Å²) in [5, 5.41) is 0. The zero-order chi connectivity index (χ0) is 12.8. The van der Waals surface area contributed by atoms with E-state index in [2.05, 4.69) is 4.98 Å². The Bertz CT molecular complexity index is 496. The van der Waals surface area contributed by atoms with Gasteiger partial charge in [-0.2, -0.15) is 0 Å². The third-order valence-electron chi connectivity index (χ3n) is 2.83. The molecule has 18 heavy (non-hydrogen) atoms. The standard InChI is InChI=1S/C15H16N2O/c1-17(11-9-13-6-5-10-16-12-13)15(18)14-7-3-2-4-8-14/h2-8,10,12H,9,11H2,1H3. The number of carbonyl (C=O) groups excluding carboxylic acids is 1. The summed E-state index contributed by atoms with van der Waals surface area (Å²) in [5.41, 5.74) is 1.87. The molecule has 0 fully saturated rings. The van der Waals surface area contributed by atoms with E-state index in [9.17, 15) is 4.79 Å². The third kappa shape index (κ3) is 3.17. The minimum Gasteiger partial charge on any atom is -0.341 e. The Labute approximate surface area is 107 Å². The average molecular weight is 240 g/mol. The summed E-state index contributed by atoms with van der Waals surface area (Å²) in [7, 11) is 1.83. The molecule has 0 unspecified atom stereocenters. The quantitative estimate of drug-likeness (QED) is 0.822. The summed E-state index contributed by atoms with van der Waals surface area (Å²) in [6.45, 7) is 0.694. The van der Waals surface area contributed by atoms with E-state index >= 15 is 0 Å². The second kappa shape index (κ2) is 5.96. The van der Waals surface area contributed by atoms with Gasteiger partial charge in [0.15, 0.2) is 0 Å². The number of nitrogens with zero attached hydrogens (tertiary/aromatic N) is 2. The highest BCUT2D eigenvalue weighted by Gasteiger charge is 2.10. The molecule has 1 amide bonds. The van der Waals surface area contributed by atoms with Crippen molar-refractivity contribution in [3.8, 4) is 0 Å². The van der Waals surface area contributed by atoms with Crippen molar-refractivity contribution in [3.63, 3.8) is 0 Å². The van der Waals surface area contributed by atoms with Gasteiger partial charge in [-0.25, -0.2) is 0 Å². The molecule has 0 aliphatic heterocycles. The monoisotopic (exact) mass is 240 g/mol. The topological polar surface area (TPSA) is 33.2 Å². The summed E-state index contributed by atoms with van der Waals surface area (Å²) in [6.07, 6.45) is 4.41. The van der Waals surface area contributed by atoms with Crippen LogP contribution in [0.2, 0.25) is 0 Å². The van der Waals surface area contributed by atoms with Gasteiger partial charge in [0, 0.05) is 31.5 Å². The fraction of sp³-hybridized carbons (Fsp3) is 0.200. The maximum absolute atomic E-state index is 12.1. The molecule has 0 saturated heterocycles. The van der Waals surface area contributed by atoms with Crippen molar-refractivity contribution in [1.82, 2.24) is 9.88 Å². The molecular formula is C15H16N2O. The molecule has 0 saturated carbocycles. The normalized spacial score (nSPS) is 10.1. The van der Waals surface area contributed by atoms with Gasteiger partial charge in [0.05, 0.1) is 0 Å². The van der Waals surface area contributed by atoms with E-state index in [0.717, 1.165) is 17.5 Å². The molecule has 1 heterocycles. The van der Waals surface area contributed by atoms with E-state index in [-0.39, 0.29) is 5.91 Å². The third-order valence-corrected chi connectivity index (χ3v) is 2.83. The molecule has 2 rings (SSSR count). The molecule has 92 valence electrons. The molecule has 0 aliphatic rings. The van der Waals surface area contributed by atoms with Gasteiger partial charge < -0.3 is 4.90 Å². The number of benzene rings is 1. The smallest absolute Gasteiger partial charge is 0.253 e. The van der Waals surface area contributed by atoms with Crippen LogP contribution in [-0.4, -0.2) is 29.4 Å². The fourth-order valence-electron chi connectivity index (χ4n) is 1.75. The number of hydrogen-bond donors (Lipinski definition) is 0. The van der Waals surface area contributed by atoms with Crippen LogP contribution in [0.4, 0.5) is 0 Å². The number of rotatable bonds is 4. The number of carbonyl (C=O) groups is 1. The van der Waals surface area contributed by atoms with E-state index in [0.29, 0.717) is 6.54 Å². The Kier molecular flexibility index (Phi) is 4.07. The minimum atomic E-state index is 0.0551. The number of likely N-dealkylation sites (N-methyl/N-ethyl adjacent to an activating group) is 1. The van der Waals surface area contributed by atoms with E-state index in [1.807, 2.05) is 55.7 Å². The lowest BCUT2D eigenvalue weighted by Crippen LogP contribution is -2.28. The molecule has 0 atom stereocenters. The Balaban J connectivity index is 1.93. The second-order valence-corrected chi connectivity index (χ2v) is 4.20. The van der Waals surface area contributed by atoms with Crippen LogP contribution in [0.25, 0.3) is 0 Å². The van der Waals surface area contributed by atoms with Crippen molar-refractivity contribution in [2.75, 3.05) is 13.6 Å². The van der Waals surface area contributed by atoms with Gasteiger partial charge in [-0.3, -0.25) is 9.78 Å². The van der Waals surface area contributed by atoms with Crippen LogP contribution >= 0.6 is 0 Å². The molecule has 1 aromatic carbocycles. The van der Waals surface area contributed by atoms with Crippen LogP contribution in [0.1, 0.15) is 15.9 Å². The van der Waals surface area contributed by atoms with Crippen molar-refractivity contribution in [2.45, 2.75) is 6.42 Å². The van der Waals surface area contributed by atoms with Crippen LogP contribution in [0.3, 0.4) is 0 Å². The summed E-state index contributed by atoms with van der Waals surface area (Å²) in [6, 6.07) is 13.3. The molecule has 3 heteroatoms. The molecule has 0 radical (unpaired) electrons. The summed E-state index contributed by atoms with van der Waals surface area (Å²) in [4.78, 5) is 17.9. The van der Waals surface area contributed by atoms with Gasteiger partial charge in [0.2, 0.25) is 0 Å². The van der Waals surface area contributed by atoms with Crippen LogP contribution in [0.15, 0.2) is 54.9 Å². The fourth-order valence-corrected chi connectivity index (χ4v) is 1.75. The highest BCUT2D eigenvalue weighted by Crippen LogP contribution is 2.04. The lowest BCUT2D eigenvalue weighted by Gasteiger charge is -2.17. The van der Waals surface area contributed by atoms with Crippen molar-refractivity contribution in [1.29, 1.82) is 0 Å². The van der Waals surface area contributed by atoms with Crippen LogP contribution in [0, 0.1) is 0 Å². The van der Waals surface area contributed by atoms with Gasteiger partial charge in [-0.15, -0.1) is 0 Å². The number of pyridine rings is 1. The second-order valence-electron chi connectivity index (χ2n) is 4.20. The molecule has 1 aromatic heterocycles. The Morgan fingerprint density at radius 3 is 2.61 bits per heavy atom. The average Bonchev–Trinajstić information content (AvgIpc) is 2.46. The maximum atomic E-state index is 12.1. The highest BCUT2D eigenvalue weighted by molar-refractivity contribution is 5.93. The van der Waals surface area contributed by atoms with Gasteiger partial charge in [0.25, 0.3) is 5.91 Å². The van der Waals surface area contributed by atoms with Crippen molar-refractivity contribution in [3.05, 3.63) is 66.0 Å². The van der Waals surface area contributed by atoms with Crippen molar-refractivity contribution < 1.29 is 4.79 Å². The Morgan fingerprint density at radius 1 is 1.17 bits per heavy atom. The van der Waals surface area contributed by atoms with E-state index in [1.54, 1.807) is 11.1 Å². The minimum absolute atomic E-state index is 0.0551. The van der Waals surface area contributed by atoms with Crippen molar-refractivity contribution in [2.24, 2.45) is 0 Å². The lowest BCUT2D eigenvalue weighted by atomic mass is 10.1. The predicted octanol–water partition coefficient (Wildman–Crippen LogP) is 2.40. The van der Waals surface area contributed by atoms with Gasteiger partial charge in [0.1, 0.15) is 0 Å². The van der Waals surface area contributed by atoms with E-state index < -0.39 is 0 Å². The number of amides is 1. The molecule has 0 N–H and O–H groups in total. The number of hydrogen-bond acceptors (Lipinski definition) is 2. The molecular weight excluding hydrogens is 224 g/mol. The molecule has 0 bridgehead atoms. The van der Waals surface area contributed by atoms with Gasteiger partial charge in [-0.05, 0) is 30.2 Å². The molecule has 0 aliphatic carbocycles. The van der Waals surface area contributed by atoms with Gasteiger partial charge >= 0.3 is 0 Å². The highest BCUT2D eigenvalue weighted by atomic mass is 16.2. The SMILES string of the molecule is CN(CCc1cccnc1)C(=O)c1ccccc1. The largest absolute Gasteiger partial charge is 0.341 e. The Morgan fingerprint density at radius 2 is 1.94 bits per heavy atom. The first-order valence-corrected chi connectivity index (χ1v) is 5.97. The molecule has 2 aromatic rings. The predicted molar refractivity (Wildman–Crippen MR) is 71.3 cm³/mol. The first-order chi connectivity index (χ1) is 8.77. The summed E-state index contributed by atoms with van der Waals surface area (Å²) < 4.78 is 0. The number of aromatic nitrogens is 1. The van der Waals surface area contributed by atoms with E-state index in [4.69, 9.17) is 0 Å². The zero-order valence-electron chi connectivity index (χ0n) is 10.4. The maximum Gasteiger partial charge on any atom is 0.253 e. The van der Waals surface area contributed by atoms with Crippen LogP contribution in [0.5, 0.6) is 0 Å². The first kappa shape index (κ1) is 12.3. The van der Waals surface area contributed by atoms with Crippen LogP contribution < -0.4 is 0 Å². The first-order valence-electron chi connectivity index (χ1n) is 5.97.